The maximum absolute atomic E-state index is 12.3. The zero-order chi connectivity index (χ0) is 14.2. The minimum atomic E-state index is -0.0894. The summed E-state index contributed by atoms with van der Waals surface area (Å²) in [5, 5.41) is -0.0894. The fourth-order valence-electron chi connectivity index (χ4n) is 2.18. The highest BCUT2D eigenvalue weighted by atomic mass is 32.2. The molecule has 0 radical (unpaired) electrons. The van der Waals surface area contributed by atoms with Gasteiger partial charge in [0.2, 0.25) is 5.91 Å². The van der Waals surface area contributed by atoms with Crippen LogP contribution in [0.2, 0.25) is 0 Å². The molecule has 1 aromatic rings. The van der Waals surface area contributed by atoms with Crippen LogP contribution in [0, 0.1) is 5.92 Å². The molecule has 102 valence electrons. The summed E-state index contributed by atoms with van der Waals surface area (Å²) in [4.78, 5) is 26.6. The van der Waals surface area contributed by atoms with Crippen LogP contribution < -0.4 is 4.90 Å². The highest BCUT2D eigenvalue weighted by Gasteiger charge is 2.31. The molecule has 0 aliphatic carbocycles. The number of ketones is 1. The molecule has 0 aromatic heterocycles. The van der Waals surface area contributed by atoms with E-state index in [-0.39, 0.29) is 16.9 Å². The van der Waals surface area contributed by atoms with Crippen molar-refractivity contribution in [2.45, 2.75) is 37.8 Å². The van der Waals surface area contributed by atoms with Gasteiger partial charge in [0.05, 0.1) is 10.9 Å². The lowest BCUT2D eigenvalue weighted by Gasteiger charge is -2.33. The number of anilines is 1. The molecule has 19 heavy (non-hydrogen) atoms. The fraction of sp³-hybridized carbons (Fsp3) is 0.467. The van der Waals surface area contributed by atoms with E-state index < -0.39 is 0 Å². The summed E-state index contributed by atoms with van der Waals surface area (Å²) in [5.74, 6) is 0.629. The van der Waals surface area contributed by atoms with Crippen LogP contribution in [0.5, 0.6) is 0 Å². The maximum atomic E-state index is 12.3. The number of rotatable bonds is 3. The molecule has 1 aliphatic heterocycles. The Morgan fingerprint density at radius 3 is 2.68 bits per heavy atom. The number of hydrogen-bond acceptors (Lipinski definition) is 3. The molecule has 1 unspecified atom stereocenters. The van der Waals surface area contributed by atoms with Crippen molar-refractivity contribution in [1.29, 1.82) is 0 Å². The van der Waals surface area contributed by atoms with E-state index in [1.54, 1.807) is 13.0 Å². The summed E-state index contributed by atoms with van der Waals surface area (Å²) in [6, 6.07) is 5.60. The number of Topliss-reactive ketones (excluding diaryl/α,β-unsaturated/α-hetero) is 1. The molecular formula is C15H19NO2S. The predicted octanol–water partition coefficient (Wildman–Crippen LogP) is 3.37. The highest BCUT2D eigenvalue weighted by Crippen LogP contribution is 2.40. The summed E-state index contributed by atoms with van der Waals surface area (Å²) in [5.41, 5.74) is 1.64. The molecule has 1 amide bonds. The molecule has 1 aromatic carbocycles. The largest absolute Gasteiger partial charge is 0.310 e. The van der Waals surface area contributed by atoms with Crippen LogP contribution in [0.4, 0.5) is 5.69 Å². The van der Waals surface area contributed by atoms with Crippen molar-refractivity contribution in [3.63, 3.8) is 0 Å². The Balaban J connectivity index is 2.44. The van der Waals surface area contributed by atoms with Gasteiger partial charge in [-0.15, -0.1) is 11.8 Å². The first-order valence-corrected chi connectivity index (χ1v) is 7.41. The third-order valence-electron chi connectivity index (χ3n) is 3.12. The van der Waals surface area contributed by atoms with Crippen LogP contribution in [0.15, 0.2) is 23.1 Å². The SMILES string of the molecule is CC(=O)c1ccc2c(c1)SC(C)C(=O)N2CC(C)C. The van der Waals surface area contributed by atoms with Crippen molar-refractivity contribution in [1.82, 2.24) is 0 Å². The van der Waals surface area contributed by atoms with E-state index >= 15 is 0 Å². The first kappa shape index (κ1) is 14.1. The highest BCUT2D eigenvalue weighted by molar-refractivity contribution is 8.01. The molecule has 1 atom stereocenters. The topological polar surface area (TPSA) is 37.4 Å². The quantitative estimate of drug-likeness (QED) is 0.795. The lowest BCUT2D eigenvalue weighted by Crippen LogP contribution is -2.41. The van der Waals surface area contributed by atoms with Gasteiger partial charge in [-0.25, -0.2) is 0 Å². The summed E-state index contributed by atoms with van der Waals surface area (Å²) in [6.07, 6.45) is 0. The van der Waals surface area contributed by atoms with Gasteiger partial charge in [0.1, 0.15) is 0 Å². The van der Waals surface area contributed by atoms with Crippen LogP contribution in [0.3, 0.4) is 0 Å². The Kier molecular flexibility index (Phi) is 3.99. The first-order valence-electron chi connectivity index (χ1n) is 6.53. The van der Waals surface area contributed by atoms with Crippen molar-refractivity contribution in [3.8, 4) is 0 Å². The van der Waals surface area contributed by atoms with Gasteiger partial charge in [-0.2, -0.15) is 0 Å². The number of nitrogens with zero attached hydrogens (tertiary/aromatic N) is 1. The number of hydrogen-bond donors (Lipinski definition) is 0. The van der Waals surface area contributed by atoms with Gasteiger partial charge in [-0.1, -0.05) is 13.8 Å². The summed E-state index contributed by atoms with van der Waals surface area (Å²) in [6.45, 7) is 8.40. The molecule has 0 spiro atoms. The standard InChI is InChI=1S/C15H19NO2S/c1-9(2)8-16-13-6-5-12(10(3)17)7-14(13)19-11(4)15(16)18/h5-7,9,11H,8H2,1-4H3. The zero-order valence-electron chi connectivity index (χ0n) is 11.8. The van der Waals surface area contributed by atoms with Crippen molar-refractivity contribution < 1.29 is 9.59 Å². The number of fused-ring (bicyclic) bond motifs is 1. The predicted molar refractivity (Wildman–Crippen MR) is 79.0 cm³/mol. The molecule has 1 heterocycles. The average Bonchev–Trinajstić information content (AvgIpc) is 2.33. The normalized spacial score (nSPS) is 18.7. The van der Waals surface area contributed by atoms with Crippen LogP contribution in [0.25, 0.3) is 0 Å². The van der Waals surface area contributed by atoms with Crippen molar-refractivity contribution in [3.05, 3.63) is 23.8 Å². The first-order chi connectivity index (χ1) is 8.90. The molecule has 0 fully saturated rings. The molecule has 0 N–H and O–H groups in total. The Hall–Kier alpha value is -1.29. The number of amides is 1. The number of benzene rings is 1. The number of carbonyl (C=O) groups is 2. The molecule has 4 heteroatoms. The average molecular weight is 277 g/mol. The Bertz CT molecular complexity index is 525. The molecule has 0 bridgehead atoms. The van der Waals surface area contributed by atoms with Crippen molar-refractivity contribution in [2.24, 2.45) is 5.92 Å². The van der Waals surface area contributed by atoms with E-state index in [1.807, 2.05) is 24.0 Å². The van der Waals surface area contributed by atoms with Crippen LogP contribution in [0.1, 0.15) is 38.1 Å². The minimum absolute atomic E-state index is 0.0587. The second-order valence-electron chi connectivity index (χ2n) is 5.34. The van der Waals surface area contributed by atoms with E-state index in [9.17, 15) is 9.59 Å². The fourth-order valence-corrected chi connectivity index (χ4v) is 3.29. The van der Waals surface area contributed by atoms with E-state index in [1.165, 1.54) is 11.8 Å². The van der Waals surface area contributed by atoms with Gasteiger partial charge >= 0.3 is 0 Å². The summed E-state index contributed by atoms with van der Waals surface area (Å²) in [7, 11) is 0. The molecular weight excluding hydrogens is 258 g/mol. The second kappa shape index (κ2) is 5.37. The van der Waals surface area contributed by atoms with E-state index in [0.29, 0.717) is 11.5 Å². The van der Waals surface area contributed by atoms with E-state index in [0.717, 1.165) is 17.1 Å². The van der Waals surface area contributed by atoms with Gasteiger partial charge in [0, 0.05) is 17.0 Å². The lowest BCUT2D eigenvalue weighted by atomic mass is 10.1. The second-order valence-corrected chi connectivity index (χ2v) is 6.72. The lowest BCUT2D eigenvalue weighted by molar-refractivity contribution is -0.118. The van der Waals surface area contributed by atoms with Crippen LogP contribution in [-0.4, -0.2) is 23.5 Å². The van der Waals surface area contributed by atoms with Gasteiger partial charge < -0.3 is 4.90 Å². The van der Waals surface area contributed by atoms with E-state index in [4.69, 9.17) is 0 Å². The third-order valence-corrected chi connectivity index (χ3v) is 4.26. The van der Waals surface area contributed by atoms with Gasteiger partial charge in [-0.3, -0.25) is 9.59 Å². The third kappa shape index (κ3) is 2.84. The van der Waals surface area contributed by atoms with Crippen molar-refractivity contribution >= 4 is 29.1 Å². The molecule has 0 saturated carbocycles. The number of carbonyl (C=O) groups excluding carboxylic acids is 2. The molecule has 1 aliphatic rings. The Morgan fingerprint density at radius 1 is 1.42 bits per heavy atom. The van der Waals surface area contributed by atoms with Gasteiger partial charge in [0.15, 0.2) is 5.78 Å². The van der Waals surface area contributed by atoms with Gasteiger partial charge in [-0.05, 0) is 38.0 Å². The summed E-state index contributed by atoms with van der Waals surface area (Å²) >= 11 is 1.54. The van der Waals surface area contributed by atoms with Crippen molar-refractivity contribution in [2.75, 3.05) is 11.4 Å². The van der Waals surface area contributed by atoms with E-state index in [2.05, 4.69) is 13.8 Å². The Morgan fingerprint density at radius 2 is 2.11 bits per heavy atom. The van der Waals surface area contributed by atoms with Crippen LogP contribution >= 0.6 is 11.8 Å². The van der Waals surface area contributed by atoms with Gasteiger partial charge in [0.25, 0.3) is 0 Å². The molecule has 2 rings (SSSR count). The Labute approximate surface area is 118 Å². The maximum Gasteiger partial charge on any atom is 0.240 e. The summed E-state index contributed by atoms with van der Waals surface area (Å²) < 4.78 is 0. The van der Waals surface area contributed by atoms with Crippen LogP contribution in [-0.2, 0) is 4.79 Å². The molecule has 3 nitrogen and oxygen atoms in total. The zero-order valence-corrected chi connectivity index (χ0v) is 12.6. The monoisotopic (exact) mass is 277 g/mol. The number of thioether (sulfide) groups is 1. The smallest absolute Gasteiger partial charge is 0.240 e. The molecule has 0 saturated heterocycles. The minimum Gasteiger partial charge on any atom is -0.310 e.